The van der Waals surface area contributed by atoms with Gasteiger partial charge in [-0.05, 0) is 61.7 Å². The summed E-state index contributed by atoms with van der Waals surface area (Å²) >= 11 is 0. The van der Waals surface area contributed by atoms with E-state index in [0.29, 0.717) is 18.7 Å². The minimum atomic E-state index is -0.114. The number of fused-ring (bicyclic) bond motifs is 1. The maximum Gasteiger partial charge on any atom is 0.251 e. The first kappa shape index (κ1) is 18.0. The number of benzene rings is 2. The van der Waals surface area contributed by atoms with Crippen molar-refractivity contribution in [2.45, 2.75) is 39.8 Å². The van der Waals surface area contributed by atoms with E-state index >= 15 is 0 Å². The lowest BCUT2D eigenvalue weighted by atomic mass is 10.1. The van der Waals surface area contributed by atoms with Gasteiger partial charge in [-0.15, -0.1) is 0 Å². The predicted molar refractivity (Wildman–Crippen MR) is 102 cm³/mol. The van der Waals surface area contributed by atoms with Gasteiger partial charge >= 0.3 is 0 Å². The Morgan fingerprint density at radius 2 is 1.88 bits per heavy atom. The molecule has 5 nitrogen and oxygen atoms in total. The average molecular weight is 352 g/mol. The van der Waals surface area contributed by atoms with E-state index in [0.717, 1.165) is 29.0 Å². The normalized spacial score (nSPS) is 12.8. The molecule has 1 aliphatic heterocycles. The Bertz CT molecular complexity index is 813. The predicted octanol–water partition coefficient (Wildman–Crippen LogP) is 3.31. The summed E-state index contributed by atoms with van der Waals surface area (Å²) in [6, 6.07) is 13.2. The van der Waals surface area contributed by atoms with E-state index in [9.17, 15) is 9.59 Å². The van der Waals surface area contributed by atoms with E-state index < -0.39 is 0 Å². The van der Waals surface area contributed by atoms with Gasteiger partial charge in [-0.25, -0.2) is 0 Å². The standard InChI is InChI=1S/C21H24N2O3/c1-14(2)26-19-7-4-16(5-8-19)13-22-21(25)18-6-9-20-17(12-18)10-11-23(20)15(3)24/h4-9,12,14H,10-11,13H2,1-3H3,(H,22,25). The molecule has 1 N–H and O–H groups in total. The van der Waals surface area contributed by atoms with Crippen LogP contribution in [0, 0.1) is 0 Å². The molecule has 0 unspecified atom stereocenters. The summed E-state index contributed by atoms with van der Waals surface area (Å²) in [7, 11) is 0. The SMILES string of the molecule is CC(=O)N1CCc2cc(C(=O)NCc3ccc(OC(C)C)cc3)ccc21. The topological polar surface area (TPSA) is 58.6 Å². The molecule has 0 radical (unpaired) electrons. The number of hydrogen-bond acceptors (Lipinski definition) is 3. The van der Waals surface area contributed by atoms with Crippen molar-refractivity contribution in [3.8, 4) is 5.75 Å². The van der Waals surface area contributed by atoms with Crippen LogP contribution in [-0.2, 0) is 17.8 Å². The van der Waals surface area contributed by atoms with E-state index in [2.05, 4.69) is 5.32 Å². The number of carbonyl (C=O) groups is 2. The van der Waals surface area contributed by atoms with Crippen LogP contribution < -0.4 is 15.0 Å². The highest BCUT2D eigenvalue weighted by Crippen LogP contribution is 2.28. The van der Waals surface area contributed by atoms with Crippen molar-refractivity contribution in [2.24, 2.45) is 0 Å². The third kappa shape index (κ3) is 4.04. The molecule has 2 aromatic carbocycles. The first-order chi connectivity index (χ1) is 12.4. The number of anilines is 1. The lowest BCUT2D eigenvalue weighted by Crippen LogP contribution is -2.26. The van der Waals surface area contributed by atoms with Gasteiger partial charge < -0.3 is 15.0 Å². The number of ether oxygens (including phenoxy) is 1. The molecule has 2 amide bonds. The van der Waals surface area contributed by atoms with Crippen molar-refractivity contribution in [2.75, 3.05) is 11.4 Å². The van der Waals surface area contributed by atoms with Crippen LogP contribution in [0.3, 0.4) is 0 Å². The summed E-state index contributed by atoms with van der Waals surface area (Å²) in [5, 5.41) is 2.94. The van der Waals surface area contributed by atoms with Gasteiger partial charge in [-0.1, -0.05) is 12.1 Å². The zero-order valence-electron chi connectivity index (χ0n) is 15.4. The fourth-order valence-electron chi connectivity index (χ4n) is 3.11. The molecule has 0 saturated carbocycles. The molecule has 0 spiro atoms. The second-order valence-corrected chi connectivity index (χ2v) is 6.76. The zero-order valence-corrected chi connectivity index (χ0v) is 15.4. The van der Waals surface area contributed by atoms with Gasteiger partial charge in [0.2, 0.25) is 5.91 Å². The quantitative estimate of drug-likeness (QED) is 0.898. The third-order valence-corrected chi connectivity index (χ3v) is 4.37. The summed E-state index contributed by atoms with van der Waals surface area (Å²) in [5.41, 5.74) is 3.59. The maximum atomic E-state index is 12.4. The van der Waals surface area contributed by atoms with E-state index in [1.165, 1.54) is 0 Å². The molecule has 0 aliphatic carbocycles. The van der Waals surface area contributed by atoms with Gasteiger partial charge in [-0.2, -0.15) is 0 Å². The fraction of sp³-hybridized carbons (Fsp3) is 0.333. The van der Waals surface area contributed by atoms with E-state index in [-0.39, 0.29) is 17.9 Å². The van der Waals surface area contributed by atoms with Gasteiger partial charge in [0.05, 0.1) is 6.10 Å². The molecule has 0 bridgehead atoms. The number of rotatable bonds is 5. The van der Waals surface area contributed by atoms with Crippen LogP contribution in [0.25, 0.3) is 0 Å². The van der Waals surface area contributed by atoms with Crippen LogP contribution in [0.1, 0.15) is 42.3 Å². The van der Waals surface area contributed by atoms with Gasteiger partial charge in [0.1, 0.15) is 5.75 Å². The Labute approximate surface area is 154 Å². The molecule has 0 fully saturated rings. The molecule has 1 heterocycles. The molecule has 0 saturated heterocycles. The highest BCUT2D eigenvalue weighted by atomic mass is 16.5. The molecule has 3 rings (SSSR count). The highest BCUT2D eigenvalue weighted by molar-refractivity contribution is 5.97. The first-order valence-corrected chi connectivity index (χ1v) is 8.89. The van der Waals surface area contributed by atoms with Crippen molar-refractivity contribution in [1.82, 2.24) is 5.32 Å². The van der Waals surface area contributed by atoms with Crippen molar-refractivity contribution >= 4 is 17.5 Å². The van der Waals surface area contributed by atoms with Crippen LogP contribution >= 0.6 is 0 Å². The Balaban J connectivity index is 1.61. The summed E-state index contributed by atoms with van der Waals surface area (Å²) in [5.74, 6) is 0.742. The lowest BCUT2D eigenvalue weighted by molar-refractivity contribution is -0.116. The lowest BCUT2D eigenvalue weighted by Gasteiger charge is -2.15. The molecule has 26 heavy (non-hydrogen) atoms. The van der Waals surface area contributed by atoms with Gasteiger partial charge in [0.25, 0.3) is 5.91 Å². The van der Waals surface area contributed by atoms with Gasteiger partial charge in [0, 0.05) is 31.3 Å². The minimum Gasteiger partial charge on any atom is -0.491 e. The molecule has 1 aliphatic rings. The Kier molecular flexibility index (Phi) is 5.26. The monoisotopic (exact) mass is 352 g/mol. The molecular formula is C21H24N2O3. The largest absolute Gasteiger partial charge is 0.491 e. The third-order valence-electron chi connectivity index (χ3n) is 4.37. The van der Waals surface area contributed by atoms with Crippen LogP contribution in [0.4, 0.5) is 5.69 Å². The van der Waals surface area contributed by atoms with Crippen molar-refractivity contribution in [3.63, 3.8) is 0 Å². The number of carbonyl (C=O) groups excluding carboxylic acids is 2. The summed E-state index contributed by atoms with van der Waals surface area (Å²) < 4.78 is 5.62. The fourth-order valence-corrected chi connectivity index (χ4v) is 3.11. The minimum absolute atomic E-state index is 0.0332. The van der Waals surface area contributed by atoms with E-state index in [1.807, 2.05) is 50.2 Å². The number of amides is 2. The van der Waals surface area contributed by atoms with Crippen LogP contribution in [-0.4, -0.2) is 24.5 Å². The first-order valence-electron chi connectivity index (χ1n) is 8.89. The Morgan fingerprint density at radius 1 is 1.15 bits per heavy atom. The molecule has 0 aromatic heterocycles. The summed E-state index contributed by atoms with van der Waals surface area (Å²) in [6.07, 6.45) is 0.923. The smallest absolute Gasteiger partial charge is 0.251 e. The number of hydrogen-bond donors (Lipinski definition) is 1. The van der Waals surface area contributed by atoms with E-state index in [4.69, 9.17) is 4.74 Å². The molecular weight excluding hydrogens is 328 g/mol. The summed E-state index contributed by atoms with van der Waals surface area (Å²) in [6.45, 7) is 6.67. The van der Waals surface area contributed by atoms with Crippen molar-refractivity contribution in [3.05, 3.63) is 59.2 Å². The highest BCUT2D eigenvalue weighted by Gasteiger charge is 2.23. The van der Waals surface area contributed by atoms with Gasteiger partial charge in [-0.3, -0.25) is 9.59 Å². The Hall–Kier alpha value is -2.82. The average Bonchev–Trinajstić information content (AvgIpc) is 3.03. The van der Waals surface area contributed by atoms with E-state index in [1.54, 1.807) is 17.9 Å². The van der Waals surface area contributed by atoms with Crippen LogP contribution in [0.5, 0.6) is 5.75 Å². The second-order valence-electron chi connectivity index (χ2n) is 6.76. The molecule has 5 heteroatoms. The second kappa shape index (κ2) is 7.60. The Morgan fingerprint density at radius 3 is 2.54 bits per heavy atom. The van der Waals surface area contributed by atoms with Gasteiger partial charge in [0.15, 0.2) is 0 Å². The zero-order chi connectivity index (χ0) is 18.7. The van der Waals surface area contributed by atoms with Crippen LogP contribution in [0.15, 0.2) is 42.5 Å². The maximum absolute atomic E-state index is 12.4. The number of nitrogens with zero attached hydrogens (tertiary/aromatic N) is 1. The summed E-state index contributed by atoms with van der Waals surface area (Å²) in [4.78, 5) is 25.8. The number of nitrogens with one attached hydrogen (secondary N) is 1. The molecule has 136 valence electrons. The van der Waals surface area contributed by atoms with Crippen molar-refractivity contribution in [1.29, 1.82) is 0 Å². The molecule has 0 atom stereocenters. The van der Waals surface area contributed by atoms with Crippen LogP contribution in [0.2, 0.25) is 0 Å². The molecule has 2 aromatic rings. The van der Waals surface area contributed by atoms with Crippen molar-refractivity contribution < 1.29 is 14.3 Å².